The number of benzene rings is 1. The molecule has 0 fully saturated rings. The van der Waals surface area contributed by atoms with Gasteiger partial charge in [0, 0.05) is 17.6 Å². The summed E-state index contributed by atoms with van der Waals surface area (Å²) in [6.07, 6.45) is 1.84. The summed E-state index contributed by atoms with van der Waals surface area (Å²) in [4.78, 5) is 2.25. The molecule has 0 aliphatic carbocycles. The van der Waals surface area contributed by atoms with E-state index >= 15 is 0 Å². The van der Waals surface area contributed by atoms with Crippen LogP contribution in [0.1, 0.15) is 45.2 Å². The zero-order valence-corrected chi connectivity index (χ0v) is 12.9. The maximum atomic E-state index is 13.9. The SMILES string of the molecule is CCNC(CCN(C)C(C)CC)c1cccc(F)c1F. The minimum Gasteiger partial charge on any atom is -0.310 e. The predicted octanol–water partition coefficient (Wildman–Crippen LogP) is 3.74. The van der Waals surface area contributed by atoms with Crippen molar-refractivity contribution in [2.24, 2.45) is 0 Å². The average Bonchev–Trinajstić information content (AvgIpc) is 2.45. The average molecular weight is 284 g/mol. The first-order chi connectivity index (χ1) is 9.51. The van der Waals surface area contributed by atoms with Crippen LogP contribution in [0.4, 0.5) is 8.78 Å². The second-order valence-corrected chi connectivity index (χ2v) is 5.28. The first-order valence-corrected chi connectivity index (χ1v) is 7.38. The molecule has 1 rings (SSSR count). The number of hydrogen-bond acceptors (Lipinski definition) is 2. The summed E-state index contributed by atoms with van der Waals surface area (Å²) in [6.45, 7) is 7.87. The molecule has 0 bridgehead atoms. The minimum atomic E-state index is -0.777. The Bertz CT molecular complexity index is 409. The normalized spacial score (nSPS) is 14.6. The van der Waals surface area contributed by atoms with Crippen LogP contribution in [0, 0.1) is 11.6 Å². The molecule has 0 aliphatic rings. The highest BCUT2D eigenvalue weighted by Crippen LogP contribution is 2.22. The zero-order chi connectivity index (χ0) is 15.1. The smallest absolute Gasteiger partial charge is 0.163 e. The molecule has 0 radical (unpaired) electrons. The monoisotopic (exact) mass is 284 g/mol. The van der Waals surface area contributed by atoms with Crippen molar-refractivity contribution in [3.63, 3.8) is 0 Å². The van der Waals surface area contributed by atoms with Gasteiger partial charge in [0.15, 0.2) is 11.6 Å². The first kappa shape index (κ1) is 17.1. The molecule has 0 amide bonds. The maximum absolute atomic E-state index is 13.9. The third-order valence-electron chi connectivity index (χ3n) is 3.92. The summed E-state index contributed by atoms with van der Waals surface area (Å²) in [5.41, 5.74) is 0.421. The van der Waals surface area contributed by atoms with Crippen molar-refractivity contribution >= 4 is 0 Å². The van der Waals surface area contributed by atoms with E-state index in [0.717, 1.165) is 32.0 Å². The van der Waals surface area contributed by atoms with E-state index in [1.54, 1.807) is 12.1 Å². The van der Waals surface area contributed by atoms with Crippen molar-refractivity contribution in [1.82, 2.24) is 10.2 Å². The van der Waals surface area contributed by atoms with Crippen molar-refractivity contribution in [3.05, 3.63) is 35.4 Å². The molecule has 0 aliphatic heterocycles. The topological polar surface area (TPSA) is 15.3 Å². The van der Waals surface area contributed by atoms with Gasteiger partial charge in [-0.05, 0) is 46.0 Å². The van der Waals surface area contributed by atoms with Crippen LogP contribution in [-0.4, -0.2) is 31.1 Å². The Morgan fingerprint density at radius 2 is 1.95 bits per heavy atom. The molecule has 1 aromatic rings. The molecule has 114 valence electrons. The second-order valence-electron chi connectivity index (χ2n) is 5.28. The van der Waals surface area contributed by atoms with E-state index < -0.39 is 11.6 Å². The Hall–Kier alpha value is -1.00. The van der Waals surface area contributed by atoms with Crippen molar-refractivity contribution in [3.8, 4) is 0 Å². The van der Waals surface area contributed by atoms with Crippen LogP contribution < -0.4 is 5.32 Å². The largest absolute Gasteiger partial charge is 0.310 e. The molecule has 2 nitrogen and oxygen atoms in total. The van der Waals surface area contributed by atoms with Crippen LogP contribution in [-0.2, 0) is 0 Å². The van der Waals surface area contributed by atoms with E-state index in [2.05, 4.69) is 31.1 Å². The van der Waals surface area contributed by atoms with Gasteiger partial charge in [0.1, 0.15) is 0 Å². The van der Waals surface area contributed by atoms with Crippen molar-refractivity contribution < 1.29 is 8.78 Å². The molecule has 2 atom stereocenters. The lowest BCUT2D eigenvalue weighted by atomic mass is 10.0. The molecule has 0 saturated carbocycles. The summed E-state index contributed by atoms with van der Waals surface area (Å²) in [5, 5.41) is 3.25. The molecule has 20 heavy (non-hydrogen) atoms. The highest BCUT2D eigenvalue weighted by atomic mass is 19.2. The lowest BCUT2D eigenvalue weighted by molar-refractivity contribution is 0.237. The van der Waals surface area contributed by atoms with E-state index in [4.69, 9.17) is 0 Å². The van der Waals surface area contributed by atoms with Gasteiger partial charge >= 0.3 is 0 Å². The van der Waals surface area contributed by atoms with E-state index in [1.165, 1.54) is 0 Å². The predicted molar refractivity (Wildman–Crippen MR) is 79.8 cm³/mol. The lowest BCUT2D eigenvalue weighted by Crippen LogP contribution is -2.32. The van der Waals surface area contributed by atoms with E-state index in [9.17, 15) is 8.78 Å². The van der Waals surface area contributed by atoms with Gasteiger partial charge in [-0.25, -0.2) is 8.78 Å². The van der Waals surface area contributed by atoms with Gasteiger partial charge in [0.2, 0.25) is 0 Å². The Morgan fingerprint density at radius 3 is 2.55 bits per heavy atom. The van der Waals surface area contributed by atoms with Gasteiger partial charge in [-0.15, -0.1) is 0 Å². The Balaban J connectivity index is 2.76. The third-order valence-corrected chi connectivity index (χ3v) is 3.92. The Morgan fingerprint density at radius 1 is 1.25 bits per heavy atom. The molecule has 0 saturated heterocycles. The molecule has 1 N–H and O–H groups in total. The molecule has 4 heteroatoms. The molecule has 0 aromatic heterocycles. The number of halogens is 2. The standard InChI is InChI=1S/C16H26F2N2/c1-5-12(3)20(4)11-10-15(19-6-2)13-8-7-9-14(17)16(13)18/h7-9,12,15,19H,5-6,10-11H2,1-4H3. The van der Waals surface area contributed by atoms with E-state index in [0.29, 0.717) is 11.6 Å². The maximum Gasteiger partial charge on any atom is 0.163 e. The lowest BCUT2D eigenvalue weighted by Gasteiger charge is -2.27. The van der Waals surface area contributed by atoms with E-state index in [-0.39, 0.29) is 6.04 Å². The Kier molecular flexibility index (Phi) is 7.10. The number of nitrogens with zero attached hydrogens (tertiary/aromatic N) is 1. The highest BCUT2D eigenvalue weighted by Gasteiger charge is 2.18. The Labute approximate surface area is 121 Å². The molecule has 0 spiro atoms. The summed E-state index contributed by atoms with van der Waals surface area (Å²) in [6, 6.07) is 4.73. The van der Waals surface area contributed by atoms with Gasteiger partial charge in [-0.2, -0.15) is 0 Å². The van der Waals surface area contributed by atoms with Gasteiger partial charge in [0.05, 0.1) is 0 Å². The van der Waals surface area contributed by atoms with Gasteiger partial charge in [0.25, 0.3) is 0 Å². The second kappa shape index (κ2) is 8.32. The minimum absolute atomic E-state index is 0.151. The summed E-state index contributed by atoms with van der Waals surface area (Å²) < 4.78 is 27.2. The molecular weight excluding hydrogens is 258 g/mol. The van der Waals surface area contributed by atoms with Crippen LogP contribution in [0.25, 0.3) is 0 Å². The first-order valence-electron chi connectivity index (χ1n) is 7.38. The van der Waals surface area contributed by atoms with Gasteiger partial charge in [-0.1, -0.05) is 26.0 Å². The molecule has 2 unspecified atom stereocenters. The molecule has 0 heterocycles. The summed E-state index contributed by atoms with van der Waals surface area (Å²) in [7, 11) is 2.07. The van der Waals surface area contributed by atoms with E-state index in [1.807, 2.05) is 6.92 Å². The van der Waals surface area contributed by atoms with Crippen LogP contribution in [0.5, 0.6) is 0 Å². The van der Waals surface area contributed by atoms with Gasteiger partial charge < -0.3 is 10.2 Å². The van der Waals surface area contributed by atoms with Crippen LogP contribution in [0.15, 0.2) is 18.2 Å². The quantitative estimate of drug-likeness (QED) is 0.782. The van der Waals surface area contributed by atoms with Crippen molar-refractivity contribution in [2.75, 3.05) is 20.1 Å². The fourth-order valence-electron chi connectivity index (χ4n) is 2.27. The summed E-state index contributed by atoms with van der Waals surface area (Å²) >= 11 is 0. The van der Waals surface area contributed by atoms with Crippen LogP contribution in [0.3, 0.4) is 0 Å². The van der Waals surface area contributed by atoms with Gasteiger partial charge in [-0.3, -0.25) is 0 Å². The number of nitrogens with one attached hydrogen (secondary N) is 1. The number of hydrogen-bond donors (Lipinski definition) is 1. The van der Waals surface area contributed by atoms with Crippen LogP contribution in [0.2, 0.25) is 0 Å². The fourth-order valence-corrected chi connectivity index (χ4v) is 2.27. The third kappa shape index (κ3) is 4.53. The zero-order valence-electron chi connectivity index (χ0n) is 12.9. The molecular formula is C16H26F2N2. The highest BCUT2D eigenvalue weighted by molar-refractivity contribution is 5.22. The fraction of sp³-hybridized carbons (Fsp3) is 0.625. The molecule has 1 aromatic carbocycles. The van der Waals surface area contributed by atoms with Crippen molar-refractivity contribution in [1.29, 1.82) is 0 Å². The summed E-state index contributed by atoms with van der Waals surface area (Å²) in [5.74, 6) is -1.51. The van der Waals surface area contributed by atoms with Crippen molar-refractivity contribution in [2.45, 2.75) is 45.7 Å². The number of rotatable bonds is 8. The van der Waals surface area contributed by atoms with Crippen LogP contribution >= 0.6 is 0 Å².